The quantitative estimate of drug-likeness (QED) is 0.659. The highest BCUT2D eigenvalue weighted by Gasteiger charge is 2.13. The van der Waals surface area contributed by atoms with Crippen molar-refractivity contribution in [2.75, 3.05) is 13.2 Å². The van der Waals surface area contributed by atoms with Gasteiger partial charge in [0.1, 0.15) is 0 Å². The fraction of sp³-hybridized carbons (Fsp3) is 0.818. The second kappa shape index (κ2) is 6.17. The van der Waals surface area contributed by atoms with E-state index in [-0.39, 0.29) is 0 Å². The highest BCUT2D eigenvalue weighted by Crippen LogP contribution is 2.11. The molecule has 13 heavy (non-hydrogen) atoms. The molecule has 2 heteroatoms. The van der Waals surface area contributed by atoms with E-state index in [1.54, 1.807) is 0 Å². The van der Waals surface area contributed by atoms with Crippen LogP contribution in [0.2, 0.25) is 0 Å². The molecule has 1 aliphatic rings. The molecule has 1 heterocycles. The number of rotatable bonds is 5. The third-order valence-electron chi connectivity index (χ3n) is 2.49. The maximum atomic E-state index is 5.62. The summed E-state index contributed by atoms with van der Waals surface area (Å²) in [5.74, 6) is 0. The molecule has 76 valence electrons. The zero-order valence-electron chi connectivity index (χ0n) is 8.59. The van der Waals surface area contributed by atoms with Crippen LogP contribution in [0.15, 0.2) is 12.7 Å². The maximum Gasteiger partial charge on any atom is 0.0699 e. The van der Waals surface area contributed by atoms with E-state index in [1.807, 2.05) is 6.08 Å². The molecule has 0 aliphatic carbocycles. The standard InChI is InChI=1S/C11H21NO/c1-3-6-10(2)12-9-11-7-4-5-8-13-11/h3,10-12H,1,4-9H2,2H3. The molecular formula is C11H21NO. The van der Waals surface area contributed by atoms with Gasteiger partial charge in [-0.1, -0.05) is 6.08 Å². The van der Waals surface area contributed by atoms with Crippen molar-refractivity contribution in [2.45, 2.75) is 44.8 Å². The Kier molecular flexibility index (Phi) is 5.09. The van der Waals surface area contributed by atoms with E-state index in [0.29, 0.717) is 12.1 Å². The fourth-order valence-electron chi connectivity index (χ4n) is 1.63. The van der Waals surface area contributed by atoms with Gasteiger partial charge in [-0.25, -0.2) is 0 Å². The fourth-order valence-corrected chi connectivity index (χ4v) is 1.63. The highest BCUT2D eigenvalue weighted by atomic mass is 16.5. The van der Waals surface area contributed by atoms with Crippen molar-refractivity contribution in [2.24, 2.45) is 0 Å². The molecule has 1 rings (SSSR count). The summed E-state index contributed by atoms with van der Waals surface area (Å²) in [6.07, 6.45) is 7.21. The van der Waals surface area contributed by atoms with Crippen LogP contribution in [-0.4, -0.2) is 25.3 Å². The Morgan fingerprint density at radius 2 is 2.46 bits per heavy atom. The monoisotopic (exact) mass is 183 g/mol. The number of hydrogen-bond donors (Lipinski definition) is 1. The first kappa shape index (κ1) is 10.7. The minimum atomic E-state index is 0.445. The van der Waals surface area contributed by atoms with E-state index < -0.39 is 0 Å². The van der Waals surface area contributed by atoms with Crippen molar-refractivity contribution in [1.29, 1.82) is 0 Å². The summed E-state index contributed by atoms with van der Waals surface area (Å²) in [6, 6.07) is 0.531. The lowest BCUT2D eigenvalue weighted by Gasteiger charge is -2.24. The van der Waals surface area contributed by atoms with Crippen LogP contribution in [0.4, 0.5) is 0 Å². The van der Waals surface area contributed by atoms with Gasteiger partial charge >= 0.3 is 0 Å². The van der Waals surface area contributed by atoms with Gasteiger partial charge in [-0.3, -0.25) is 0 Å². The lowest BCUT2D eigenvalue weighted by molar-refractivity contribution is 0.0157. The molecule has 0 aromatic heterocycles. The molecule has 1 fully saturated rings. The second-order valence-corrected chi connectivity index (χ2v) is 3.82. The normalized spacial score (nSPS) is 25.5. The van der Waals surface area contributed by atoms with Crippen molar-refractivity contribution in [3.8, 4) is 0 Å². The van der Waals surface area contributed by atoms with E-state index in [9.17, 15) is 0 Å². The summed E-state index contributed by atoms with van der Waals surface area (Å²) >= 11 is 0. The molecule has 0 aromatic carbocycles. The van der Waals surface area contributed by atoms with Gasteiger partial charge in [0.05, 0.1) is 6.10 Å². The van der Waals surface area contributed by atoms with Gasteiger partial charge in [0, 0.05) is 19.2 Å². The molecular weight excluding hydrogens is 162 g/mol. The summed E-state index contributed by atoms with van der Waals surface area (Å²) in [7, 11) is 0. The first-order valence-electron chi connectivity index (χ1n) is 5.29. The van der Waals surface area contributed by atoms with Crippen LogP contribution in [0, 0.1) is 0 Å². The highest BCUT2D eigenvalue weighted by molar-refractivity contribution is 4.76. The molecule has 0 bridgehead atoms. The Bertz CT molecular complexity index is 141. The molecule has 1 aliphatic heterocycles. The first-order valence-corrected chi connectivity index (χ1v) is 5.29. The minimum Gasteiger partial charge on any atom is -0.377 e. The van der Waals surface area contributed by atoms with E-state index in [0.717, 1.165) is 19.6 Å². The van der Waals surface area contributed by atoms with Crippen LogP contribution in [0.25, 0.3) is 0 Å². The van der Waals surface area contributed by atoms with Gasteiger partial charge in [-0.05, 0) is 32.6 Å². The first-order chi connectivity index (χ1) is 6.33. The summed E-state index contributed by atoms with van der Waals surface area (Å²) in [6.45, 7) is 7.85. The third kappa shape index (κ3) is 4.44. The number of hydrogen-bond acceptors (Lipinski definition) is 2. The van der Waals surface area contributed by atoms with Gasteiger partial charge in [-0.15, -0.1) is 6.58 Å². The van der Waals surface area contributed by atoms with Crippen molar-refractivity contribution in [1.82, 2.24) is 5.32 Å². The summed E-state index contributed by atoms with van der Waals surface area (Å²) in [4.78, 5) is 0. The van der Waals surface area contributed by atoms with Crippen molar-refractivity contribution in [3.63, 3.8) is 0 Å². The smallest absolute Gasteiger partial charge is 0.0699 e. The Balaban J connectivity index is 2.06. The Morgan fingerprint density at radius 1 is 1.62 bits per heavy atom. The molecule has 0 saturated carbocycles. The van der Waals surface area contributed by atoms with Gasteiger partial charge in [0.2, 0.25) is 0 Å². The number of nitrogens with one attached hydrogen (secondary N) is 1. The Morgan fingerprint density at radius 3 is 3.08 bits per heavy atom. The average Bonchev–Trinajstić information content (AvgIpc) is 2.17. The molecule has 0 spiro atoms. The molecule has 1 N–H and O–H groups in total. The Hall–Kier alpha value is -0.340. The number of ether oxygens (including phenoxy) is 1. The zero-order valence-corrected chi connectivity index (χ0v) is 8.59. The van der Waals surface area contributed by atoms with Crippen LogP contribution in [-0.2, 0) is 4.74 Å². The van der Waals surface area contributed by atoms with Crippen molar-refractivity contribution in [3.05, 3.63) is 12.7 Å². The van der Waals surface area contributed by atoms with Crippen molar-refractivity contribution < 1.29 is 4.74 Å². The largest absolute Gasteiger partial charge is 0.377 e. The lowest BCUT2D eigenvalue weighted by Crippen LogP contribution is -2.36. The van der Waals surface area contributed by atoms with E-state index in [2.05, 4.69) is 18.8 Å². The van der Waals surface area contributed by atoms with Crippen LogP contribution in [0.5, 0.6) is 0 Å². The molecule has 1 saturated heterocycles. The zero-order chi connectivity index (χ0) is 9.52. The molecule has 0 amide bonds. The van der Waals surface area contributed by atoms with Gasteiger partial charge in [0.25, 0.3) is 0 Å². The van der Waals surface area contributed by atoms with Gasteiger partial charge in [-0.2, -0.15) is 0 Å². The summed E-state index contributed by atoms with van der Waals surface area (Å²) < 4.78 is 5.62. The predicted molar refractivity (Wildman–Crippen MR) is 55.9 cm³/mol. The van der Waals surface area contributed by atoms with Crippen LogP contribution >= 0.6 is 0 Å². The van der Waals surface area contributed by atoms with E-state index >= 15 is 0 Å². The second-order valence-electron chi connectivity index (χ2n) is 3.82. The third-order valence-corrected chi connectivity index (χ3v) is 2.49. The van der Waals surface area contributed by atoms with Crippen LogP contribution < -0.4 is 5.32 Å². The summed E-state index contributed by atoms with van der Waals surface area (Å²) in [5, 5.41) is 3.46. The topological polar surface area (TPSA) is 21.3 Å². The van der Waals surface area contributed by atoms with E-state index in [1.165, 1.54) is 19.3 Å². The molecule has 2 unspecified atom stereocenters. The summed E-state index contributed by atoms with van der Waals surface area (Å²) in [5.41, 5.74) is 0. The molecule has 2 nitrogen and oxygen atoms in total. The molecule has 0 aromatic rings. The average molecular weight is 183 g/mol. The van der Waals surface area contributed by atoms with E-state index in [4.69, 9.17) is 4.74 Å². The van der Waals surface area contributed by atoms with Crippen LogP contribution in [0.1, 0.15) is 32.6 Å². The van der Waals surface area contributed by atoms with Crippen LogP contribution in [0.3, 0.4) is 0 Å². The SMILES string of the molecule is C=CCC(C)NCC1CCCCO1. The van der Waals surface area contributed by atoms with Crippen molar-refractivity contribution >= 4 is 0 Å². The maximum absolute atomic E-state index is 5.62. The van der Waals surface area contributed by atoms with Gasteiger partial charge < -0.3 is 10.1 Å². The predicted octanol–water partition coefficient (Wildman–Crippen LogP) is 2.11. The van der Waals surface area contributed by atoms with Gasteiger partial charge in [0.15, 0.2) is 0 Å². The molecule has 0 radical (unpaired) electrons. The molecule has 2 atom stereocenters. The lowest BCUT2D eigenvalue weighted by atomic mass is 10.1. The minimum absolute atomic E-state index is 0.445. The Labute approximate surface area is 81.4 Å².